The van der Waals surface area contributed by atoms with Gasteiger partial charge in [-0.05, 0) is 36.5 Å². The first kappa shape index (κ1) is 15.9. The highest BCUT2D eigenvalue weighted by molar-refractivity contribution is 7.80. The molecule has 3 rings (SSSR count). The lowest BCUT2D eigenvalue weighted by molar-refractivity contribution is 0.0855. The molecule has 0 spiro atoms. The van der Waals surface area contributed by atoms with E-state index in [1.54, 1.807) is 24.3 Å². The number of nitrogens with zero attached hydrogens (tertiary/aromatic N) is 2. The Hall–Kier alpha value is -2.93. The van der Waals surface area contributed by atoms with E-state index in [1.807, 2.05) is 0 Å². The lowest BCUT2D eigenvalue weighted by Crippen LogP contribution is -2.38. The number of carbonyl (C=O) groups is 2. The average Bonchev–Trinajstić information content (AvgIpc) is 2.96. The van der Waals surface area contributed by atoms with Crippen LogP contribution in [-0.4, -0.2) is 50.0 Å². The average molecular weight is 342 g/mol. The van der Waals surface area contributed by atoms with Gasteiger partial charge in [-0.15, -0.1) is 0 Å². The highest BCUT2D eigenvalue weighted by atomic mass is 32.1. The molecule has 0 unspecified atom stereocenters. The van der Waals surface area contributed by atoms with Gasteiger partial charge in [-0.3, -0.25) is 19.4 Å². The fourth-order valence-electron chi connectivity index (χ4n) is 2.51. The summed E-state index contributed by atoms with van der Waals surface area (Å²) < 4.78 is 0. The molecule has 1 saturated heterocycles. The molecule has 2 aromatic rings. The number of benzene rings is 2. The molecule has 1 fully saturated rings. The van der Waals surface area contributed by atoms with Gasteiger partial charge in [0.2, 0.25) is 0 Å². The quantitative estimate of drug-likeness (QED) is 0.816. The molecular formula is C17H14N2O4S. The molecule has 1 heterocycles. The van der Waals surface area contributed by atoms with Crippen molar-refractivity contribution in [2.24, 2.45) is 0 Å². The van der Waals surface area contributed by atoms with Crippen LogP contribution in [0.4, 0.5) is 0 Å². The van der Waals surface area contributed by atoms with E-state index in [-0.39, 0.29) is 40.8 Å². The van der Waals surface area contributed by atoms with E-state index >= 15 is 0 Å². The summed E-state index contributed by atoms with van der Waals surface area (Å²) in [6.07, 6.45) is 0. The van der Waals surface area contributed by atoms with Crippen LogP contribution in [0.5, 0.6) is 11.5 Å². The summed E-state index contributed by atoms with van der Waals surface area (Å²) in [5, 5.41) is 19.7. The third-order valence-corrected chi connectivity index (χ3v) is 4.21. The Balaban J connectivity index is 1.83. The number of carbonyl (C=O) groups excluding carboxylic acids is 2. The van der Waals surface area contributed by atoms with E-state index in [1.165, 1.54) is 34.1 Å². The minimum absolute atomic E-state index is 0.0523. The van der Waals surface area contributed by atoms with E-state index in [0.717, 1.165) is 0 Å². The molecular weight excluding hydrogens is 328 g/mol. The molecule has 2 aromatic carbocycles. The molecule has 0 aliphatic carbocycles. The standard InChI is InChI=1S/C17H14N2O4S/c20-13-7-3-1-5-11(13)15(22)18-9-10-19(17(18)24)16(23)12-6-2-4-8-14(12)21/h1-8,20-21H,9-10H2. The molecule has 7 heteroatoms. The number of phenols is 2. The van der Waals surface area contributed by atoms with Gasteiger partial charge in [0.1, 0.15) is 11.5 Å². The van der Waals surface area contributed by atoms with Crippen LogP contribution in [-0.2, 0) is 0 Å². The summed E-state index contributed by atoms with van der Waals surface area (Å²) in [5.74, 6) is -1.22. The first-order valence-corrected chi connectivity index (χ1v) is 7.65. The van der Waals surface area contributed by atoms with E-state index < -0.39 is 11.8 Å². The van der Waals surface area contributed by atoms with Crippen molar-refractivity contribution in [1.82, 2.24) is 9.80 Å². The fourth-order valence-corrected chi connectivity index (χ4v) is 2.86. The Morgan fingerprint density at radius 3 is 1.54 bits per heavy atom. The van der Waals surface area contributed by atoms with E-state index in [4.69, 9.17) is 12.2 Å². The predicted molar refractivity (Wildman–Crippen MR) is 90.9 cm³/mol. The van der Waals surface area contributed by atoms with Crippen molar-refractivity contribution >= 4 is 29.1 Å². The van der Waals surface area contributed by atoms with Crippen LogP contribution in [0.25, 0.3) is 0 Å². The maximum absolute atomic E-state index is 12.5. The Morgan fingerprint density at radius 2 is 1.17 bits per heavy atom. The second-order valence-electron chi connectivity index (χ2n) is 5.23. The van der Waals surface area contributed by atoms with Crippen molar-refractivity contribution in [1.29, 1.82) is 0 Å². The molecule has 24 heavy (non-hydrogen) atoms. The normalized spacial score (nSPS) is 14.1. The van der Waals surface area contributed by atoms with Crippen LogP contribution < -0.4 is 0 Å². The van der Waals surface area contributed by atoms with Crippen LogP contribution in [0.2, 0.25) is 0 Å². The summed E-state index contributed by atoms with van der Waals surface area (Å²) in [6.45, 7) is 0.455. The van der Waals surface area contributed by atoms with Gasteiger partial charge in [0.05, 0.1) is 11.1 Å². The van der Waals surface area contributed by atoms with Gasteiger partial charge in [-0.2, -0.15) is 0 Å². The Kier molecular flexibility index (Phi) is 4.18. The number of aromatic hydroxyl groups is 2. The zero-order chi connectivity index (χ0) is 17.3. The highest BCUT2D eigenvalue weighted by Crippen LogP contribution is 2.24. The van der Waals surface area contributed by atoms with Gasteiger partial charge in [0.15, 0.2) is 5.11 Å². The number of phenolic OH excluding ortho intramolecular Hbond substituents is 2. The molecule has 0 bridgehead atoms. The molecule has 0 saturated carbocycles. The maximum atomic E-state index is 12.5. The summed E-state index contributed by atoms with van der Waals surface area (Å²) in [5.41, 5.74) is 0.244. The molecule has 122 valence electrons. The SMILES string of the molecule is O=C(c1ccccc1O)N1CCN(C(=O)c2ccccc2O)C1=S. The number of amides is 2. The molecule has 0 atom stereocenters. The van der Waals surface area contributed by atoms with Crippen molar-refractivity contribution in [2.75, 3.05) is 13.1 Å². The van der Waals surface area contributed by atoms with Gasteiger partial charge in [0, 0.05) is 13.1 Å². The second kappa shape index (κ2) is 6.29. The van der Waals surface area contributed by atoms with Crippen LogP contribution in [0.15, 0.2) is 48.5 Å². The molecule has 1 aliphatic rings. The fraction of sp³-hybridized carbons (Fsp3) is 0.118. The summed E-state index contributed by atoms with van der Waals surface area (Å²) in [7, 11) is 0. The molecule has 1 aliphatic heterocycles. The van der Waals surface area contributed by atoms with Gasteiger partial charge in [0.25, 0.3) is 11.8 Å². The van der Waals surface area contributed by atoms with E-state index in [2.05, 4.69) is 0 Å². The Bertz CT molecular complexity index is 769. The number of rotatable bonds is 2. The molecule has 6 nitrogen and oxygen atoms in total. The van der Waals surface area contributed by atoms with Crippen molar-refractivity contribution < 1.29 is 19.8 Å². The minimum atomic E-state index is -0.467. The Morgan fingerprint density at radius 1 is 0.792 bits per heavy atom. The largest absolute Gasteiger partial charge is 0.507 e. The highest BCUT2D eigenvalue weighted by Gasteiger charge is 2.35. The van der Waals surface area contributed by atoms with E-state index in [0.29, 0.717) is 0 Å². The molecule has 2 N–H and O–H groups in total. The summed E-state index contributed by atoms with van der Waals surface area (Å²) in [4.78, 5) is 27.6. The zero-order valence-corrected chi connectivity index (χ0v) is 13.4. The van der Waals surface area contributed by atoms with Crippen LogP contribution in [0, 0.1) is 0 Å². The lowest BCUT2D eigenvalue weighted by Gasteiger charge is -2.20. The first-order chi connectivity index (χ1) is 11.5. The monoisotopic (exact) mass is 342 g/mol. The second-order valence-corrected chi connectivity index (χ2v) is 5.60. The first-order valence-electron chi connectivity index (χ1n) is 7.24. The lowest BCUT2D eigenvalue weighted by atomic mass is 10.2. The zero-order valence-electron chi connectivity index (χ0n) is 12.5. The molecule has 2 amide bonds. The van der Waals surface area contributed by atoms with Gasteiger partial charge < -0.3 is 10.2 Å². The van der Waals surface area contributed by atoms with Crippen LogP contribution >= 0.6 is 12.2 Å². The number of thiocarbonyl (C=S) groups is 1. The topological polar surface area (TPSA) is 81.1 Å². The van der Waals surface area contributed by atoms with Crippen molar-refractivity contribution in [2.45, 2.75) is 0 Å². The molecule has 0 aromatic heterocycles. The number of hydrogen-bond donors (Lipinski definition) is 2. The maximum Gasteiger partial charge on any atom is 0.263 e. The van der Waals surface area contributed by atoms with Crippen molar-refractivity contribution in [3.05, 3.63) is 59.7 Å². The summed E-state index contributed by atoms with van der Waals surface area (Å²) in [6, 6.07) is 12.3. The minimum Gasteiger partial charge on any atom is -0.507 e. The van der Waals surface area contributed by atoms with Gasteiger partial charge in [-0.25, -0.2) is 0 Å². The molecule has 0 radical (unpaired) electrons. The Labute approximate surface area is 143 Å². The van der Waals surface area contributed by atoms with Gasteiger partial charge in [-0.1, -0.05) is 24.3 Å². The van der Waals surface area contributed by atoms with Gasteiger partial charge >= 0.3 is 0 Å². The van der Waals surface area contributed by atoms with Crippen molar-refractivity contribution in [3.63, 3.8) is 0 Å². The van der Waals surface area contributed by atoms with Crippen molar-refractivity contribution in [3.8, 4) is 11.5 Å². The summed E-state index contributed by atoms with van der Waals surface area (Å²) >= 11 is 5.25. The van der Waals surface area contributed by atoms with Crippen LogP contribution in [0.1, 0.15) is 20.7 Å². The third-order valence-electron chi connectivity index (χ3n) is 3.77. The predicted octanol–water partition coefficient (Wildman–Crippen LogP) is 1.98. The smallest absolute Gasteiger partial charge is 0.263 e. The third kappa shape index (κ3) is 2.69. The van der Waals surface area contributed by atoms with E-state index in [9.17, 15) is 19.8 Å². The number of para-hydroxylation sites is 2. The van der Waals surface area contributed by atoms with Crippen LogP contribution in [0.3, 0.4) is 0 Å². The number of hydrogen-bond acceptors (Lipinski definition) is 5.